The number of piperidine rings is 1. The Morgan fingerprint density at radius 2 is 1.83 bits per heavy atom. The monoisotopic (exact) mass is 332 g/mol. The predicted molar refractivity (Wildman–Crippen MR) is 80.8 cm³/mol. The van der Waals surface area contributed by atoms with Crippen LogP contribution in [0.25, 0.3) is 0 Å². The highest BCUT2D eigenvalue weighted by molar-refractivity contribution is 5.94. The normalized spacial score (nSPS) is 15.2. The van der Waals surface area contributed by atoms with Crippen LogP contribution in [0, 0.1) is 0 Å². The molecule has 0 radical (unpaired) electrons. The summed E-state index contributed by atoms with van der Waals surface area (Å²) in [5.41, 5.74) is 0.509. The molecule has 0 atom stereocenters. The van der Waals surface area contributed by atoms with Crippen molar-refractivity contribution in [3.05, 3.63) is 47.8 Å². The summed E-state index contributed by atoms with van der Waals surface area (Å²) >= 11 is 0. The van der Waals surface area contributed by atoms with Crippen LogP contribution < -0.4 is 5.32 Å². The summed E-state index contributed by atoms with van der Waals surface area (Å²) < 4.78 is 9.88. The van der Waals surface area contributed by atoms with Crippen molar-refractivity contribution in [2.75, 3.05) is 13.1 Å². The number of aromatic carboxylic acids is 1. The summed E-state index contributed by atoms with van der Waals surface area (Å²) in [5.74, 6) is -2.09. The van der Waals surface area contributed by atoms with Crippen LogP contribution in [-0.2, 0) is 0 Å². The first-order valence-corrected chi connectivity index (χ1v) is 7.50. The van der Waals surface area contributed by atoms with E-state index in [4.69, 9.17) is 13.9 Å². The van der Waals surface area contributed by atoms with Crippen molar-refractivity contribution in [1.82, 2.24) is 10.2 Å². The molecule has 0 saturated carbocycles. The van der Waals surface area contributed by atoms with Gasteiger partial charge in [-0.3, -0.25) is 9.59 Å². The van der Waals surface area contributed by atoms with Crippen molar-refractivity contribution in [3.63, 3.8) is 0 Å². The molecule has 0 spiro atoms. The Bertz CT molecular complexity index is 740. The van der Waals surface area contributed by atoms with Gasteiger partial charge in [-0.1, -0.05) is 0 Å². The van der Waals surface area contributed by atoms with E-state index in [0.29, 0.717) is 31.5 Å². The van der Waals surface area contributed by atoms with Gasteiger partial charge in [0.1, 0.15) is 6.26 Å². The highest BCUT2D eigenvalue weighted by Gasteiger charge is 2.26. The van der Waals surface area contributed by atoms with Gasteiger partial charge in [-0.25, -0.2) is 4.79 Å². The molecule has 0 aromatic carbocycles. The minimum absolute atomic E-state index is 0.0377. The van der Waals surface area contributed by atoms with Gasteiger partial charge in [0.05, 0.1) is 11.8 Å². The summed E-state index contributed by atoms with van der Waals surface area (Å²) in [5, 5.41) is 11.6. The lowest BCUT2D eigenvalue weighted by Crippen LogP contribution is -2.46. The van der Waals surface area contributed by atoms with E-state index in [2.05, 4.69) is 5.32 Å². The summed E-state index contributed by atoms with van der Waals surface area (Å²) in [7, 11) is 0. The topological polar surface area (TPSA) is 113 Å². The smallest absolute Gasteiger partial charge is 0.371 e. The first-order valence-electron chi connectivity index (χ1n) is 7.50. The molecule has 2 amide bonds. The molecule has 1 fully saturated rings. The van der Waals surface area contributed by atoms with Gasteiger partial charge in [-0.2, -0.15) is 0 Å². The van der Waals surface area contributed by atoms with Crippen LogP contribution in [0.15, 0.2) is 39.6 Å². The fraction of sp³-hybridized carbons (Fsp3) is 0.312. The Kier molecular flexibility index (Phi) is 4.37. The fourth-order valence-corrected chi connectivity index (χ4v) is 2.63. The lowest BCUT2D eigenvalue weighted by atomic mass is 10.0. The van der Waals surface area contributed by atoms with Crippen LogP contribution in [-0.4, -0.2) is 46.9 Å². The molecule has 2 N–H and O–H groups in total. The largest absolute Gasteiger partial charge is 0.475 e. The molecule has 8 nitrogen and oxygen atoms in total. The molecule has 2 aromatic rings. The molecule has 0 aliphatic carbocycles. The van der Waals surface area contributed by atoms with Crippen LogP contribution in [0.3, 0.4) is 0 Å². The minimum Gasteiger partial charge on any atom is -0.475 e. The van der Waals surface area contributed by atoms with Crippen LogP contribution in [0.2, 0.25) is 0 Å². The first kappa shape index (κ1) is 15.9. The summed E-state index contributed by atoms with van der Waals surface area (Å²) in [4.78, 5) is 36.7. The average molecular weight is 332 g/mol. The predicted octanol–water partition coefficient (Wildman–Crippen LogP) is 1.61. The maximum atomic E-state index is 12.2. The van der Waals surface area contributed by atoms with Crippen LogP contribution in [0.4, 0.5) is 0 Å². The number of amides is 2. The SMILES string of the molecule is O=C(O)c1ccc(C(=O)NC2CCN(C(=O)c3ccoc3)CC2)o1. The molecule has 8 heteroatoms. The van der Waals surface area contributed by atoms with Gasteiger partial charge in [0.2, 0.25) is 5.76 Å². The van der Waals surface area contributed by atoms with E-state index in [1.165, 1.54) is 24.7 Å². The van der Waals surface area contributed by atoms with Crippen LogP contribution in [0.5, 0.6) is 0 Å². The quantitative estimate of drug-likeness (QED) is 0.879. The fourth-order valence-electron chi connectivity index (χ4n) is 2.63. The summed E-state index contributed by atoms with van der Waals surface area (Å²) in [6.45, 7) is 1.04. The number of carboxylic acids is 1. The molecule has 126 valence electrons. The average Bonchev–Trinajstić information content (AvgIpc) is 3.26. The van der Waals surface area contributed by atoms with Gasteiger partial charge < -0.3 is 24.2 Å². The molecule has 1 aliphatic rings. The molecule has 3 heterocycles. The number of carbonyl (C=O) groups is 3. The van der Waals surface area contributed by atoms with Crippen LogP contribution in [0.1, 0.15) is 44.3 Å². The maximum Gasteiger partial charge on any atom is 0.371 e. The van der Waals surface area contributed by atoms with E-state index >= 15 is 0 Å². The van der Waals surface area contributed by atoms with Crippen molar-refractivity contribution in [1.29, 1.82) is 0 Å². The number of likely N-dealkylation sites (tertiary alicyclic amines) is 1. The number of furan rings is 2. The van der Waals surface area contributed by atoms with Gasteiger partial charge in [-0.15, -0.1) is 0 Å². The molecule has 1 saturated heterocycles. The molecule has 24 heavy (non-hydrogen) atoms. The van der Waals surface area contributed by atoms with E-state index in [-0.39, 0.29) is 23.5 Å². The van der Waals surface area contributed by atoms with Crippen molar-refractivity contribution in [3.8, 4) is 0 Å². The number of carbonyl (C=O) groups excluding carboxylic acids is 2. The van der Waals surface area contributed by atoms with Gasteiger partial charge in [-0.05, 0) is 31.0 Å². The lowest BCUT2D eigenvalue weighted by Gasteiger charge is -2.32. The Balaban J connectivity index is 1.52. The number of rotatable bonds is 4. The number of nitrogens with one attached hydrogen (secondary N) is 1. The molecule has 2 aromatic heterocycles. The third-order valence-corrected chi connectivity index (χ3v) is 3.93. The van der Waals surface area contributed by atoms with Gasteiger partial charge >= 0.3 is 5.97 Å². The second-order valence-electron chi connectivity index (χ2n) is 5.52. The van der Waals surface area contributed by atoms with Crippen LogP contribution >= 0.6 is 0 Å². The van der Waals surface area contributed by atoms with E-state index in [1.54, 1.807) is 11.0 Å². The second-order valence-corrected chi connectivity index (χ2v) is 5.52. The zero-order valence-corrected chi connectivity index (χ0v) is 12.7. The van der Waals surface area contributed by atoms with Crippen molar-refractivity contribution >= 4 is 17.8 Å². The van der Waals surface area contributed by atoms with Gasteiger partial charge in [0.25, 0.3) is 11.8 Å². The van der Waals surface area contributed by atoms with Crippen molar-refractivity contribution < 1.29 is 28.3 Å². The Morgan fingerprint density at radius 1 is 1.12 bits per heavy atom. The van der Waals surface area contributed by atoms with E-state index in [0.717, 1.165) is 0 Å². The third kappa shape index (κ3) is 3.32. The first-order chi connectivity index (χ1) is 11.5. The molecule has 1 aliphatic heterocycles. The van der Waals surface area contributed by atoms with Crippen molar-refractivity contribution in [2.24, 2.45) is 0 Å². The van der Waals surface area contributed by atoms with Gasteiger partial charge in [0.15, 0.2) is 5.76 Å². The second kappa shape index (κ2) is 6.61. The molecule has 0 bridgehead atoms. The Morgan fingerprint density at radius 3 is 2.42 bits per heavy atom. The summed E-state index contributed by atoms with van der Waals surface area (Å²) in [6, 6.07) is 4.09. The van der Waals surface area contributed by atoms with E-state index < -0.39 is 11.9 Å². The Labute approximate surface area is 137 Å². The molecular formula is C16H16N2O6. The molecule has 3 rings (SSSR count). The Hall–Kier alpha value is -3.03. The highest BCUT2D eigenvalue weighted by atomic mass is 16.4. The van der Waals surface area contributed by atoms with E-state index in [1.807, 2.05) is 0 Å². The lowest BCUT2D eigenvalue weighted by molar-refractivity contribution is 0.0659. The zero-order chi connectivity index (χ0) is 17.1. The van der Waals surface area contributed by atoms with E-state index in [9.17, 15) is 14.4 Å². The number of nitrogens with zero attached hydrogens (tertiary/aromatic N) is 1. The standard InChI is InChI=1S/C16H16N2O6/c19-14(12-1-2-13(24-12)16(21)22)17-11-3-6-18(7-4-11)15(20)10-5-8-23-9-10/h1-2,5,8-9,11H,3-4,6-7H2,(H,17,19)(H,21,22). The molecule has 0 unspecified atom stereocenters. The minimum atomic E-state index is -1.22. The highest BCUT2D eigenvalue weighted by Crippen LogP contribution is 2.15. The number of carboxylic acid groups (broad SMARTS) is 1. The maximum absolute atomic E-state index is 12.2. The van der Waals surface area contributed by atoms with Gasteiger partial charge in [0, 0.05) is 19.1 Å². The number of hydrogen-bond acceptors (Lipinski definition) is 5. The molecular weight excluding hydrogens is 316 g/mol. The zero-order valence-electron chi connectivity index (χ0n) is 12.7. The summed E-state index contributed by atoms with van der Waals surface area (Å²) in [6.07, 6.45) is 4.09. The number of hydrogen-bond donors (Lipinski definition) is 2. The van der Waals surface area contributed by atoms with Crippen molar-refractivity contribution in [2.45, 2.75) is 18.9 Å². The third-order valence-electron chi connectivity index (χ3n) is 3.93.